The number of aryl methyl sites for hydroxylation is 5. The zero-order valence-corrected chi connectivity index (χ0v) is 29.0. The standard InChI is InChI=1S/C37H38Cl2N4O4/c1-20-15-27(16-21(2)33(20)39)47-14-8-11-28-29-12-13-30(38)32(31-23(4)40-41(6)24(31)5)34(29)43-22(3)18-42(36(44)35(28)43)19-25-9-7-10-26(17-25)37(45)46/h7,9-10,12-13,15-17,22H,8,11,14,18-19H2,1-6H3,(H,45,46)/t22-/m1/s1. The summed E-state index contributed by atoms with van der Waals surface area (Å²) in [6.07, 6.45) is 1.29. The number of carboxylic acid groups (broad SMARTS) is 1. The number of carboxylic acids is 1. The summed E-state index contributed by atoms with van der Waals surface area (Å²) >= 11 is 13.4. The number of ether oxygens (including phenoxy) is 1. The maximum absolute atomic E-state index is 14.5. The molecule has 5 aromatic rings. The first-order valence-electron chi connectivity index (χ1n) is 15.7. The summed E-state index contributed by atoms with van der Waals surface area (Å²) in [5.74, 6) is -0.324. The van der Waals surface area contributed by atoms with Crippen molar-refractivity contribution in [3.63, 3.8) is 0 Å². The highest BCUT2D eigenvalue weighted by molar-refractivity contribution is 6.35. The molecule has 6 rings (SSSR count). The van der Waals surface area contributed by atoms with E-state index in [-0.39, 0.29) is 17.5 Å². The van der Waals surface area contributed by atoms with Crippen LogP contribution in [0.1, 0.15) is 73.9 Å². The Morgan fingerprint density at radius 3 is 2.43 bits per heavy atom. The summed E-state index contributed by atoms with van der Waals surface area (Å²) in [6.45, 7) is 11.3. The Bertz CT molecular complexity index is 2040. The normalized spacial score (nSPS) is 14.6. The van der Waals surface area contributed by atoms with Gasteiger partial charge >= 0.3 is 5.97 Å². The molecule has 0 saturated heterocycles. The number of rotatable bonds is 9. The van der Waals surface area contributed by atoms with E-state index in [0.29, 0.717) is 43.3 Å². The first kappa shape index (κ1) is 32.7. The number of aromatic nitrogens is 3. The summed E-state index contributed by atoms with van der Waals surface area (Å²) in [5, 5.41) is 16.5. The van der Waals surface area contributed by atoms with E-state index in [1.807, 2.05) is 74.7 Å². The minimum Gasteiger partial charge on any atom is -0.494 e. The third-order valence-corrected chi connectivity index (χ3v) is 10.1. The van der Waals surface area contributed by atoms with Gasteiger partial charge in [0, 0.05) is 53.4 Å². The molecule has 1 amide bonds. The Kier molecular flexibility index (Phi) is 8.85. The number of nitrogens with zero attached hydrogens (tertiary/aromatic N) is 4. The van der Waals surface area contributed by atoms with E-state index in [1.54, 1.807) is 18.2 Å². The monoisotopic (exact) mass is 672 g/mol. The van der Waals surface area contributed by atoms with Crippen LogP contribution in [0, 0.1) is 27.7 Å². The Hall–Kier alpha value is -4.27. The Balaban J connectivity index is 1.44. The predicted molar refractivity (Wildman–Crippen MR) is 186 cm³/mol. The number of amides is 1. The van der Waals surface area contributed by atoms with Gasteiger partial charge in [-0.15, -0.1) is 0 Å². The molecule has 0 aliphatic carbocycles. The van der Waals surface area contributed by atoms with Crippen molar-refractivity contribution in [1.29, 1.82) is 0 Å². The molecule has 1 aliphatic rings. The number of fused-ring (bicyclic) bond motifs is 3. The Morgan fingerprint density at radius 2 is 1.77 bits per heavy atom. The third kappa shape index (κ3) is 5.89. The summed E-state index contributed by atoms with van der Waals surface area (Å²) < 4.78 is 10.2. The molecule has 3 aromatic carbocycles. The lowest BCUT2D eigenvalue weighted by molar-refractivity contribution is 0.0663. The smallest absolute Gasteiger partial charge is 0.335 e. The van der Waals surface area contributed by atoms with Crippen molar-refractivity contribution in [2.45, 2.75) is 60.0 Å². The van der Waals surface area contributed by atoms with Crippen molar-refractivity contribution in [2.75, 3.05) is 13.2 Å². The second-order valence-corrected chi connectivity index (χ2v) is 13.3. The minimum absolute atomic E-state index is 0.0765. The zero-order valence-electron chi connectivity index (χ0n) is 27.4. The van der Waals surface area contributed by atoms with Gasteiger partial charge in [-0.1, -0.05) is 41.4 Å². The van der Waals surface area contributed by atoms with Crippen LogP contribution in [-0.2, 0) is 20.0 Å². The van der Waals surface area contributed by atoms with Gasteiger partial charge in [0.05, 0.1) is 28.4 Å². The first-order valence-corrected chi connectivity index (χ1v) is 16.5. The lowest BCUT2D eigenvalue weighted by Gasteiger charge is -2.34. The van der Waals surface area contributed by atoms with Crippen molar-refractivity contribution in [3.8, 4) is 16.9 Å². The highest BCUT2D eigenvalue weighted by Gasteiger charge is 2.36. The highest BCUT2D eigenvalue weighted by Crippen LogP contribution is 2.44. The summed E-state index contributed by atoms with van der Waals surface area (Å²) in [7, 11) is 1.92. The van der Waals surface area contributed by atoms with Gasteiger partial charge in [0.1, 0.15) is 11.4 Å². The van der Waals surface area contributed by atoms with Gasteiger partial charge < -0.3 is 19.3 Å². The van der Waals surface area contributed by atoms with Crippen LogP contribution in [0.15, 0.2) is 48.5 Å². The molecule has 1 atom stereocenters. The van der Waals surface area contributed by atoms with E-state index in [2.05, 4.69) is 16.6 Å². The number of hydrogen-bond acceptors (Lipinski definition) is 4. The molecule has 1 N–H and O–H groups in total. The number of carbonyl (C=O) groups is 2. The van der Waals surface area contributed by atoms with Crippen LogP contribution in [-0.4, -0.2) is 49.4 Å². The Morgan fingerprint density at radius 1 is 1.04 bits per heavy atom. The van der Waals surface area contributed by atoms with Gasteiger partial charge in [-0.25, -0.2) is 4.79 Å². The van der Waals surface area contributed by atoms with Crippen molar-refractivity contribution in [2.24, 2.45) is 7.05 Å². The topological polar surface area (TPSA) is 89.6 Å². The van der Waals surface area contributed by atoms with E-state index in [0.717, 1.165) is 66.4 Å². The van der Waals surface area contributed by atoms with Crippen molar-refractivity contribution in [3.05, 3.63) is 103 Å². The lowest BCUT2D eigenvalue weighted by atomic mass is 9.98. The van der Waals surface area contributed by atoms with Gasteiger partial charge in [0.2, 0.25) is 0 Å². The molecule has 0 spiro atoms. The van der Waals surface area contributed by atoms with E-state index < -0.39 is 5.97 Å². The third-order valence-electron chi connectivity index (χ3n) is 9.19. The number of hydrogen-bond donors (Lipinski definition) is 1. The van der Waals surface area contributed by atoms with Crippen molar-refractivity contribution in [1.82, 2.24) is 19.2 Å². The molecule has 0 saturated carbocycles. The largest absolute Gasteiger partial charge is 0.494 e. The molecule has 47 heavy (non-hydrogen) atoms. The number of carbonyl (C=O) groups excluding carboxylic acids is 1. The van der Waals surface area contributed by atoms with Crippen LogP contribution in [0.4, 0.5) is 0 Å². The fraction of sp³-hybridized carbons (Fsp3) is 0.324. The molecule has 0 fully saturated rings. The number of halogens is 2. The quantitative estimate of drug-likeness (QED) is 0.159. The fourth-order valence-corrected chi connectivity index (χ4v) is 7.32. The zero-order chi connectivity index (χ0) is 33.7. The number of benzene rings is 3. The molecule has 2 aromatic heterocycles. The van der Waals surface area contributed by atoms with E-state index in [1.165, 1.54) is 0 Å². The SMILES string of the molecule is Cc1cc(OCCCc2c3n(c4c(-c5c(C)nn(C)c5C)c(Cl)ccc24)[C@H](C)CN(Cc2cccc(C(=O)O)c2)C3=O)cc(C)c1Cl. The average Bonchev–Trinajstić information content (AvgIpc) is 3.49. The predicted octanol–water partition coefficient (Wildman–Crippen LogP) is 8.51. The van der Waals surface area contributed by atoms with Crippen LogP contribution >= 0.6 is 23.2 Å². The molecule has 1 aliphatic heterocycles. The second-order valence-electron chi connectivity index (χ2n) is 12.5. The Labute approximate surface area is 284 Å². The highest BCUT2D eigenvalue weighted by atomic mass is 35.5. The van der Waals surface area contributed by atoms with E-state index in [9.17, 15) is 14.7 Å². The van der Waals surface area contributed by atoms with Gasteiger partial charge in [-0.3, -0.25) is 9.48 Å². The minimum atomic E-state index is -0.996. The molecule has 0 bridgehead atoms. The fourth-order valence-electron chi connectivity index (χ4n) is 6.97. The molecule has 0 unspecified atom stereocenters. The molecule has 244 valence electrons. The van der Waals surface area contributed by atoms with Crippen LogP contribution in [0.5, 0.6) is 5.75 Å². The maximum atomic E-state index is 14.5. The molecule has 8 nitrogen and oxygen atoms in total. The maximum Gasteiger partial charge on any atom is 0.335 e. The van der Waals surface area contributed by atoms with Crippen LogP contribution in [0.3, 0.4) is 0 Å². The molecule has 10 heteroatoms. The van der Waals surface area contributed by atoms with Gasteiger partial charge in [-0.05, 0) is 100 Å². The van der Waals surface area contributed by atoms with Crippen LogP contribution in [0.2, 0.25) is 10.0 Å². The van der Waals surface area contributed by atoms with Gasteiger partial charge in [0.15, 0.2) is 0 Å². The van der Waals surface area contributed by atoms with E-state index in [4.69, 9.17) is 27.9 Å². The first-order chi connectivity index (χ1) is 22.4. The summed E-state index contributed by atoms with van der Waals surface area (Å²) in [4.78, 5) is 28.0. The van der Waals surface area contributed by atoms with Crippen LogP contribution < -0.4 is 4.74 Å². The molecule has 3 heterocycles. The van der Waals surface area contributed by atoms with Gasteiger partial charge in [-0.2, -0.15) is 5.10 Å². The lowest BCUT2D eigenvalue weighted by Crippen LogP contribution is -2.42. The van der Waals surface area contributed by atoms with Crippen molar-refractivity contribution < 1.29 is 19.4 Å². The van der Waals surface area contributed by atoms with Crippen molar-refractivity contribution >= 4 is 46.0 Å². The van der Waals surface area contributed by atoms with Crippen LogP contribution in [0.25, 0.3) is 22.0 Å². The summed E-state index contributed by atoms with van der Waals surface area (Å²) in [5.41, 5.74) is 9.12. The molecular weight excluding hydrogens is 635 g/mol. The molecule has 0 radical (unpaired) electrons. The van der Waals surface area contributed by atoms with E-state index >= 15 is 0 Å². The number of aromatic carboxylic acids is 1. The second kappa shape index (κ2) is 12.7. The molecular formula is C37H38Cl2N4O4. The van der Waals surface area contributed by atoms with Gasteiger partial charge in [0.25, 0.3) is 5.91 Å². The average molecular weight is 674 g/mol. The summed E-state index contributed by atoms with van der Waals surface area (Å²) in [6, 6.07) is 14.5.